The number of phenolic OH excluding ortho intramolecular Hbond substituents is 1. The number of anilines is 1. The molecule has 7 rings (SSSR count). The molecule has 1 aliphatic carbocycles. The fourth-order valence-corrected chi connectivity index (χ4v) is 8.74. The number of carbonyl (C=O) groups is 5. The Balaban J connectivity index is 1.51. The van der Waals surface area contributed by atoms with E-state index < -0.39 is 87.6 Å². The van der Waals surface area contributed by atoms with E-state index in [-0.39, 0.29) is 52.0 Å². The molecule has 0 unspecified atom stereocenters. The Hall–Kier alpha value is -5.77. The van der Waals surface area contributed by atoms with Crippen molar-refractivity contribution >= 4 is 34.9 Å². The molecule has 4 heterocycles. The van der Waals surface area contributed by atoms with Crippen molar-refractivity contribution in [3.8, 4) is 17.2 Å². The van der Waals surface area contributed by atoms with Crippen LogP contribution in [0.15, 0.2) is 71.8 Å². The van der Waals surface area contributed by atoms with Crippen LogP contribution in [0.2, 0.25) is 0 Å². The van der Waals surface area contributed by atoms with Crippen LogP contribution in [0.1, 0.15) is 99.0 Å². The molecule has 3 N–H and O–H groups in total. The highest BCUT2D eigenvalue weighted by Crippen LogP contribution is 2.49. The Kier molecular flexibility index (Phi) is 12.9. The number of benzene rings is 2. The van der Waals surface area contributed by atoms with Crippen molar-refractivity contribution in [3.05, 3.63) is 94.1 Å². The van der Waals surface area contributed by atoms with E-state index in [0.717, 1.165) is 0 Å². The number of esters is 1. The number of allylic oxidation sites excluding steroid dienone is 4. The molecule has 0 spiro atoms. The van der Waals surface area contributed by atoms with Crippen LogP contribution in [0.25, 0.3) is 0 Å². The largest absolute Gasteiger partial charge is 0.507 e. The third-order valence-corrected chi connectivity index (χ3v) is 12.1. The van der Waals surface area contributed by atoms with Gasteiger partial charge in [-0.05, 0) is 45.9 Å². The second-order valence-corrected chi connectivity index (χ2v) is 17.0. The predicted molar refractivity (Wildman–Crippen MR) is 227 cm³/mol. The zero-order valence-corrected chi connectivity index (χ0v) is 37.2. The first-order chi connectivity index (χ1) is 29.1. The molecule has 62 heavy (non-hydrogen) atoms. The standard InChI is InChI=1S/C47H56N2O13/c1-22-15-13-16-23(2)45(55)49-36-35(48-29-17-14-18-30(21-29)56-11)38(52)32-33(39(36)53)37(51)25(4)43-34(32)44(54)47(10,62-43)58-20-19-31(57-12)24(3)41(59-28(7)50)27(6)42-26(5)40(22)60-46(8,9)61-42/h13-22,24,26-27,31,40-42,48,51H,1-12H3,(H,49,55)/b15-13?,20-19-,23-16-/t22-,24+,26+,27+,31-,40-,41+,42-,47-/m0/s1. The highest BCUT2D eigenvalue weighted by molar-refractivity contribution is 6.33. The molecule has 4 aliphatic heterocycles. The molecular formula is C47H56N2O13. The molecule has 2 aromatic carbocycles. The van der Waals surface area contributed by atoms with Gasteiger partial charge in [0.05, 0.1) is 48.4 Å². The average molecular weight is 857 g/mol. The second-order valence-electron chi connectivity index (χ2n) is 17.0. The summed E-state index contributed by atoms with van der Waals surface area (Å²) < 4.78 is 42.5. The van der Waals surface area contributed by atoms with E-state index in [1.165, 1.54) is 41.3 Å². The predicted octanol–water partition coefficient (Wildman–Crippen LogP) is 6.88. The maximum atomic E-state index is 14.8. The van der Waals surface area contributed by atoms with Crippen molar-refractivity contribution in [3.63, 3.8) is 0 Å². The topological polar surface area (TPSA) is 194 Å². The zero-order chi connectivity index (χ0) is 45.6. The lowest BCUT2D eigenvalue weighted by Crippen LogP contribution is -2.56. The molecule has 15 heteroatoms. The molecular weight excluding hydrogens is 801 g/mol. The Bertz CT molecular complexity index is 2310. The number of hydrogen-bond acceptors (Lipinski definition) is 14. The van der Waals surface area contributed by atoms with Crippen molar-refractivity contribution in [1.29, 1.82) is 0 Å². The molecule has 7 bridgehead atoms. The molecule has 15 nitrogen and oxygen atoms in total. The Morgan fingerprint density at radius 1 is 0.887 bits per heavy atom. The summed E-state index contributed by atoms with van der Waals surface area (Å²) in [5.41, 5.74) is -1.50. The van der Waals surface area contributed by atoms with Crippen LogP contribution in [0.5, 0.6) is 17.2 Å². The first-order valence-corrected chi connectivity index (χ1v) is 20.6. The molecule has 2 aromatic rings. The molecule has 0 radical (unpaired) electrons. The Labute approximate surface area is 361 Å². The number of methoxy groups -OCH3 is 2. The van der Waals surface area contributed by atoms with Gasteiger partial charge in [0.2, 0.25) is 11.6 Å². The number of Topliss-reactive ketones (excluding diaryl/α,β-unsaturated/α-hetero) is 3. The van der Waals surface area contributed by atoms with Crippen molar-refractivity contribution in [2.45, 2.75) is 105 Å². The number of phenols is 1. The molecule has 332 valence electrons. The molecule has 1 fully saturated rings. The molecule has 0 saturated carbocycles. The first kappa shape index (κ1) is 45.7. The van der Waals surface area contributed by atoms with E-state index in [1.54, 1.807) is 49.4 Å². The minimum Gasteiger partial charge on any atom is -0.507 e. The molecule has 5 aliphatic rings. The summed E-state index contributed by atoms with van der Waals surface area (Å²) in [4.78, 5) is 70.4. The smallest absolute Gasteiger partial charge is 0.312 e. The number of fused-ring (bicyclic) bond motifs is 10. The van der Waals surface area contributed by atoms with E-state index in [4.69, 9.17) is 33.2 Å². The molecule has 1 amide bonds. The number of ketones is 3. The average Bonchev–Trinajstić information content (AvgIpc) is 3.49. The van der Waals surface area contributed by atoms with Gasteiger partial charge in [0, 0.05) is 67.5 Å². The van der Waals surface area contributed by atoms with Crippen LogP contribution in [0.3, 0.4) is 0 Å². The third kappa shape index (κ3) is 8.53. The van der Waals surface area contributed by atoms with Gasteiger partial charge in [0.15, 0.2) is 5.79 Å². The lowest BCUT2D eigenvalue weighted by atomic mass is 9.77. The van der Waals surface area contributed by atoms with Gasteiger partial charge in [-0.2, -0.15) is 0 Å². The normalized spacial score (nSPS) is 31.3. The number of aromatic hydroxyl groups is 1. The molecule has 0 aromatic heterocycles. The SMILES string of the molecule is COc1cccc(NC2=C3NC(=O)/C(C)=C\C=C[C@H](C)[C@@H]4OC(C)(C)O[C@H]([C@H](C)[C@H](OC(C)=O)[C@H](C)[C@@H](OC)/C=C\O[C@@]5(C)Oc6c(C)c(O)c(c(c6C5=O)C2=O)C3=O)[C@@H]4C)c1. The number of hydrogen-bond donors (Lipinski definition) is 3. The highest BCUT2D eigenvalue weighted by Gasteiger charge is 2.53. The quantitative estimate of drug-likeness (QED) is 0.264. The Morgan fingerprint density at radius 2 is 1.58 bits per heavy atom. The Morgan fingerprint density at radius 3 is 2.24 bits per heavy atom. The van der Waals surface area contributed by atoms with Gasteiger partial charge in [0.1, 0.15) is 34.7 Å². The van der Waals surface area contributed by atoms with Crippen molar-refractivity contribution in [2.75, 3.05) is 19.5 Å². The van der Waals surface area contributed by atoms with Crippen LogP contribution >= 0.6 is 0 Å². The van der Waals surface area contributed by atoms with E-state index in [0.29, 0.717) is 11.4 Å². The lowest BCUT2D eigenvalue weighted by Gasteiger charge is -2.50. The van der Waals surface area contributed by atoms with Crippen molar-refractivity contribution < 1.29 is 62.2 Å². The van der Waals surface area contributed by atoms with E-state index in [1.807, 2.05) is 47.6 Å². The van der Waals surface area contributed by atoms with Gasteiger partial charge in [-0.15, -0.1) is 0 Å². The van der Waals surface area contributed by atoms with Crippen molar-refractivity contribution in [1.82, 2.24) is 5.32 Å². The van der Waals surface area contributed by atoms with E-state index >= 15 is 0 Å². The summed E-state index contributed by atoms with van der Waals surface area (Å²) >= 11 is 0. The number of rotatable bonds is 5. The van der Waals surface area contributed by atoms with Crippen LogP contribution in [-0.4, -0.2) is 84.5 Å². The molecule has 1 saturated heterocycles. The highest BCUT2D eigenvalue weighted by atomic mass is 16.7. The van der Waals surface area contributed by atoms with Crippen molar-refractivity contribution in [2.24, 2.45) is 23.7 Å². The maximum Gasteiger partial charge on any atom is 0.312 e. The summed E-state index contributed by atoms with van der Waals surface area (Å²) in [7, 11) is 2.96. The van der Waals surface area contributed by atoms with Gasteiger partial charge in [0.25, 0.3) is 11.7 Å². The first-order valence-electron chi connectivity index (χ1n) is 20.6. The third-order valence-electron chi connectivity index (χ3n) is 12.1. The number of ether oxygens (including phenoxy) is 7. The van der Waals surface area contributed by atoms with E-state index in [9.17, 15) is 29.1 Å². The summed E-state index contributed by atoms with van der Waals surface area (Å²) in [5.74, 6) is -8.53. The minimum absolute atomic E-state index is 0.00397. The van der Waals surface area contributed by atoms with Gasteiger partial charge >= 0.3 is 11.8 Å². The fourth-order valence-electron chi connectivity index (χ4n) is 8.74. The van der Waals surface area contributed by atoms with Crippen LogP contribution in [-0.2, 0) is 33.3 Å². The summed E-state index contributed by atoms with van der Waals surface area (Å²) in [5, 5.41) is 17.2. The number of amides is 1. The minimum atomic E-state index is -2.08. The number of nitrogens with one attached hydrogen (secondary N) is 2. The van der Waals surface area contributed by atoms with E-state index in [2.05, 4.69) is 10.6 Å². The van der Waals surface area contributed by atoms with Crippen LogP contribution < -0.4 is 20.1 Å². The molecule has 9 atom stereocenters. The maximum absolute atomic E-state index is 14.8. The summed E-state index contributed by atoms with van der Waals surface area (Å²) in [6, 6.07) is 6.54. The van der Waals surface area contributed by atoms with Gasteiger partial charge < -0.3 is 48.9 Å². The van der Waals surface area contributed by atoms with Gasteiger partial charge in [-0.3, -0.25) is 24.0 Å². The second kappa shape index (κ2) is 17.5. The monoisotopic (exact) mass is 856 g/mol. The van der Waals surface area contributed by atoms with Gasteiger partial charge in [-0.1, -0.05) is 52.0 Å². The number of carbonyl (C=O) groups excluding carboxylic acids is 5. The van der Waals surface area contributed by atoms with Crippen LogP contribution in [0, 0.1) is 30.6 Å². The summed E-state index contributed by atoms with van der Waals surface area (Å²) in [6.45, 7) is 17.1. The summed E-state index contributed by atoms with van der Waals surface area (Å²) in [6.07, 6.45) is 5.69. The zero-order valence-electron chi connectivity index (χ0n) is 37.2. The van der Waals surface area contributed by atoms with Gasteiger partial charge in [-0.25, -0.2) is 0 Å². The lowest BCUT2D eigenvalue weighted by molar-refractivity contribution is -0.336. The van der Waals surface area contributed by atoms with Crippen LogP contribution in [0.4, 0.5) is 5.69 Å². The fraction of sp³-hybridized carbons (Fsp3) is 0.468.